The van der Waals surface area contributed by atoms with E-state index in [9.17, 15) is 8.78 Å². The summed E-state index contributed by atoms with van der Waals surface area (Å²) in [6.45, 7) is 1.79. The SMILES string of the molecule is CN1CCCN=C1N[C@@H]1C[C@H]1c1c(F)cccc1F. The molecule has 1 fully saturated rings. The number of halogens is 2. The van der Waals surface area contributed by atoms with Gasteiger partial charge in [0.15, 0.2) is 5.96 Å². The highest BCUT2D eigenvalue weighted by atomic mass is 19.1. The van der Waals surface area contributed by atoms with Gasteiger partial charge in [0.25, 0.3) is 0 Å². The molecule has 1 N–H and O–H groups in total. The van der Waals surface area contributed by atoms with Crippen LogP contribution in [0, 0.1) is 11.6 Å². The Morgan fingerprint density at radius 1 is 1.32 bits per heavy atom. The lowest BCUT2D eigenvalue weighted by Gasteiger charge is -2.25. The maximum Gasteiger partial charge on any atom is 0.193 e. The molecule has 1 heterocycles. The molecule has 0 radical (unpaired) electrons. The summed E-state index contributed by atoms with van der Waals surface area (Å²) >= 11 is 0. The summed E-state index contributed by atoms with van der Waals surface area (Å²) in [5.41, 5.74) is 0.207. The molecule has 0 aromatic heterocycles. The molecule has 2 aliphatic rings. The first-order valence-corrected chi connectivity index (χ1v) is 6.63. The van der Waals surface area contributed by atoms with E-state index in [4.69, 9.17) is 0 Å². The summed E-state index contributed by atoms with van der Waals surface area (Å²) in [6, 6.07) is 4.12. The van der Waals surface area contributed by atoms with E-state index in [2.05, 4.69) is 15.2 Å². The highest BCUT2D eigenvalue weighted by Gasteiger charge is 2.42. The van der Waals surface area contributed by atoms with Gasteiger partial charge in [0.1, 0.15) is 11.6 Å². The van der Waals surface area contributed by atoms with Crippen molar-refractivity contribution >= 4 is 5.96 Å². The molecule has 5 heteroatoms. The molecular formula is C14H17F2N3. The standard InChI is InChI=1S/C14H17F2N3/c1-19-7-3-6-17-14(19)18-12-8-9(12)13-10(15)4-2-5-11(13)16/h2,4-5,9,12H,3,6-8H2,1H3,(H,17,18)/t9-,12-/m1/s1. The second-order valence-corrected chi connectivity index (χ2v) is 5.21. The van der Waals surface area contributed by atoms with Gasteiger partial charge in [-0.1, -0.05) is 6.07 Å². The third-order valence-corrected chi connectivity index (χ3v) is 3.75. The van der Waals surface area contributed by atoms with E-state index >= 15 is 0 Å². The Labute approximate surface area is 111 Å². The summed E-state index contributed by atoms with van der Waals surface area (Å²) in [6.07, 6.45) is 1.81. The fourth-order valence-electron chi connectivity index (χ4n) is 2.58. The maximum absolute atomic E-state index is 13.7. The second kappa shape index (κ2) is 4.79. The van der Waals surface area contributed by atoms with Crippen LogP contribution < -0.4 is 5.32 Å². The number of guanidine groups is 1. The van der Waals surface area contributed by atoms with Gasteiger partial charge in [-0.05, 0) is 25.0 Å². The highest BCUT2D eigenvalue weighted by Crippen LogP contribution is 2.43. The zero-order valence-electron chi connectivity index (χ0n) is 10.9. The number of hydrogen-bond donors (Lipinski definition) is 1. The number of nitrogens with one attached hydrogen (secondary N) is 1. The highest BCUT2D eigenvalue weighted by molar-refractivity contribution is 5.81. The smallest absolute Gasteiger partial charge is 0.193 e. The second-order valence-electron chi connectivity index (χ2n) is 5.21. The van der Waals surface area contributed by atoms with Crippen molar-refractivity contribution in [2.24, 2.45) is 4.99 Å². The Bertz CT molecular complexity index is 495. The van der Waals surface area contributed by atoms with Crippen molar-refractivity contribution in [3.8, 4) is 0 Å². The molecule has 0 amide bonds. The van der Waals surface area contributed by atoms with Gasteiger partial charge in [-0.25, -0.2) is 8.78 Å². The molecule has 3 rings (SSSR count). The zero-order valence-corrected chi connectivity index (χ0v) is 10.9. The van der Waals surface area contributed by atoms with Crippen LogP contribution in [0.15, 0.2) is 23.2 Å². The Morgan fingerprint density at radius 2 is 2.05 bits per heavy atom. The average molecular weight is 265 g/mol. The Kier molecular flexibility index (Phi) is 3.12. The number of benzene rings is 1. The topological polar surface area (TPSA) is 27.6 Å². The number of rotatable bonds is 2. The quantitative estimate of drug-likeness (QED) is 0.887. The predicted molar refractivity (Wildman–Crippen MR) is 70.2 cm³/mol. The number of aliphatic imine (C=N–C) groups is 1. The van der Waals surface area contributed by atoms with Crippen molar-refractivity contribution in [3.63, 3.8) is 0 Å². The van der Waals surface area contributed by atoms with Gasteiger partial charge in [-0.2, -0.15) is 0 Å². The summed E-state index contributed by atoms with van der Waals surface area (Å²) < 4.78 is 27.3. The van der Waals surface area contributed by atoms with Crippen LogP contribution in [-0.4, -0.2) is 37.0 Å². The van der Waals surface area contributed by atoms with Gasteiger partial charge >= 0.3 is 0 Å². The van der Waals surface area contributed by atoms with E-state index in [1.807, 2.05) is 7.05 Å². The van der Waals surface area contributed by atoms with Gasteiger partial charge in [0.2, 0.25) is 0 Å². The zero-order chi connectivity index (χ0) is 13.4. The van der Waals surface area contributed by atoms with Gasteiger partial charge in [0, 0.05) is 37.7 Å². The van der Waals surface area contributed by atoms with Crippen molar-refractivity contribution in [1.82, 2.24) is 10.2 Å². The maximum atomic E-state index is 13.7. The first kappa shape index (κ1) is 12.4. The van der Waals surface area contributed by atoms with Crippen molar-refractivity contribution in [2.45, 2.75) is 24.8 Å². The van der Waals surface area contributed by atoms with Gasteiger partial charge < -0.3 is 10.2 Å². The van der Waals surface area contributed by atoms with E-state index in [-0.39, 0.29) is 17.5 Å². The lowest BCUT2D eigenvalue weighted by Crippen LogP contribution is -2.43. The van der Waals surface area contributed by atoms with Crippen molar-refractivity contribution < 1.29 is 8.78 Å². The third kappa shape index (κ3) is 2.41. The van der Waals surface area contributed by atoms with Gasteiger partial charge in [-0.3, -0.25) is 4.99 Å². The molecule has 3 nitrogen and oxygen atoms in total. The minimum Gasteiger partial charge on any atom is -0.353 e. The summed E-state index contributed by atoms with van der Waals surface area (Å²) in [4.78, 5) is 6.46. The summed E-state index contributed by atoms with van der Waals surface area (Å²) in [5.74, 6) is -0.142. The van der Waals surface area contributed by atoms with E-state index in [0.29, 0.717) is 0 Å². The minimum absolute atomic E-state index is 0.0840. The molecule has 2 atom stereocenters. The Hall–Kier alpha value is -1.65. The van der Waals surface area contributed by atoms with E-state index < -0.39 is 11.6 Å². The lowest BCUT2D eigenvalue weighted by molar-refractivity contribution is 0.444. The van der Waals surface area contributed by atoms with E-state index in [0.717, 1.165) is 31.9 Å². The van der Waals surface area contributed by atoms with Crippen LogP contribution in [0.1, 0.15) is 24.3 Å². The van der Waals surface area contributed by atoms with E-state index in [1.165, 1.54) is 18.2 Å². The summed E-state index contributed by atoms with van der Waals surface area (Å²) in [5, 5.41) is 3.29. The first-order valence-electron chi connectivity index (χ1n) is 6.63. The summed E-state index contributed by atoms with van der Waals surface area (Å²) in [7, 11) is 1.98. The third-order valence-electron chi connectivity index (χ3n) is 3.75. The molecule has 1 aliphatic heterocycles. The fraction of sp³-hybridized carbons (Fsp3) is 0.500. The van der Waals surface area contributed by atoms with Crippen molar-refractivity contribution in [3.05, 3.63) is 35.4 Å². The monoisotopic (exact) mass is 265 g/mol. The minimum atomic E-state index is -0.451. The van der Waals surface area contributed by atoms with Crippen molar-refractivity contribution in [1.29, 1.82) is 0 Å². The van der Waals surface area contributed by atoms with Crippen LogP contribution >= 0.6 is 0 Å². The van der Waals surface area contributed by atoms with Crippen LogP contribution in [0.5, 0.6) is 0 Å². The normalized spacial score (nSPS) is 26.1. The molecule has 0 unspecified atom stereocenters. The molecule has 1 aromatic carbocycles. The molecule has 0 saturated heterocycles. The van der Waals surface area contributed by atoms with Crippen LogP contribution in [0.3, 0.4) is 0 Å². The van der Waals surface area contributed by atoms with Crippen LogP contribution in [0.4, 0.5) is 8.78 Å². The average Bonchev–Trinajstić information content (AvgIpc) is 3.11. The molecular weight excluding hydrogens is 248 g/mol. The molecule has 1 saturated carbocycles. The molecule has 0 spiro atoms. The fourth-order valence-corrected chi connectivity index (χ4v) is 2.58. The van der Waals surface area contributed by atoms with Gasteiger partial charge in [-0.15, -0.1) is 0 Å². The predicted octanol–water partition coefficient (Wildman–Crippen LogP) is 2.10. The Morgan fingerprint density at radius 3 is 2.74 bits per heavy atom. The molecule has 1 aliphatic carbocycles. The van der Waals surface area contributed by atoms with Crippen LogP contribution in [-0.2, 0) is 0 Å². The first-order chi connectivity index (χ1) is 9.16. The van der Waals surface area contributed by atoms with E-state index in [1.54, 1.807) is 0 Å². The van der Waals surface area contributed by atoms with Gasteiger partial charge in [0.05, 0.1) is 0 Å². The van der Waals surface area contributed by atoms with Crippen molar-refractivity contribution in [2.75, 3.05) is 20.1 Å². The molecule has 0 bridgehead atoms. The number of hydrogen-bond acceptors (Lipinski definition) is 3. The molecule has 102 valence electrons. The lowest BCUT2D eigenvalue weighted by atomic mass is 10.1. The molecule has 1 aromatic rings. The van der Waals surface area contributed by atoms with Crippen LogP contribution in [0.25, 0.3) is 0 Å². The number of nitrogens with zero attached hydrogens (tertiary/aromatic N) is 2. The molecule has 19 heavy (non-hydrogen) atoms. The Balaban J connectivity index is 1.70. The largest absolute Gasteiger partial charge is 0.353 e. The van der Waals surface area contributed by atoms with Crippen LogP contribution in [0.2, 0.25) is 0 Å².